The molecule has 0 aliphatic heterocycles. The van der Waals surface area contributed by atoms with E-state index in [0.717, 1.165) is 31.3 Å². The standard InChI is InChI=1S/C20H30O3/c1-5-18(2)8-6-14-13(11-18)15(22)10-16-19(14,3)9-7-17(23)20(16,4)12-21/h5,16-17,21,23H,1,6-12H2,2-4H3/t16?,17?,18-,19+,20+/m0/s1. The van der Waals surface area contributed by atoms with Crippen LogP contribution in [0.2, 0.25) is 0 Å². The Morgan fingerprint density at radius 3 is 2.61 bits per heavy atom. The van der Waals surface area contributed by atoms with E-state index in [2.05, 4.69) is 20.4 Å². The highest BCUT2D eigenvalue weighted by Crippen LogP contribution is 2.62. The van der Waals surface area contributed by atoms with Gasteiger partial charge in [-0.05, 0) is 54.4 Å². The summed E-state index contributed by atoms with van der Waals surface area (Å²) in [6.07, 6.45) is 6.31. The average molecular weight is 318 g/mol. The second-order valence-corrected chi connectivity index (χ2v) is 8.81. The Labute approximate surface area is 139 Å². The van der Waals surface area contributed by atoms with Crippen LogP contribution in [-0.2, 0) is 4.79 Å². The highest BCUT2D eigenvalue weighted by atomic mass is 16.3. The summed E-state index contributed by atoms with van der Waals surface area (Å²) in [6.45, 7) is 10.3. The molecule has 0 aromatic carbocycles. The molecule has 128 valence electrons. The molecule has 1 saturated carbocycles. The summed E-state index contributed by atoms with van der Waals surface area (Å²) in [7, 11) is 0. The van der Waals surface area contributed by atoms with Crippen molar-refractivity contribution in [2.45, 2.75) is 65.4 Å². The predicted molar refractivity (Wildman–Crippen MR) is 90.8 cm³/mol. The summed E-state index contributed by atoms with van der Waals surface area (Å²) in [4.78, 5) is 12.9. The third-order valence-corrected chi connectivity index (χ3v) is 7.40. The van der Waals surface area contributed by atoms with Gasteiger partial charge >= 0.3 is 0 Å². The Hall–Kier alpha value is -0.930. The van der Waals surface area contributed by atoms with Crippen molar-refractivity contribution in [3.05, 3.63) is 23.8 Å². The maximum Gasteiger partial charge on any atom is 0.159 e. The number of hydrogen-bond acceptors (Lipinski definition) is 3. The van der Waals surface area contributed by atoms with E-state index in [9.17, 15) is 15.0 Å². The molecule has 5 atom stereocenters. The maximum atomic E-state index is 12.9. The first-order valence-electron chi connectivity index (χ1n) is 8.88. The summed E-state index contributed by atoms with van der Waals surface area (Å²) < 4.78 is 0. The molecule has 0 bridgehead atoms. The van der Waals surface area contributed by atoms with Crippen LogP contribution in [0.5, 0.6) is 0 Å². The number of carbonyl (C=O) groups excluding carboxylic acids is 1. The Morgan fingerprint density at radius 2 is 2.00 bits per heavy atom. The van der Waals surface area contributed by atoms with E-state index in [1.165, 1.54) is 5.57 Å². The molecule has 3 aliphatic carbocycles. The predicted octanol–water partition coefficient (Wildman–Crippen LogP) is 3.41. The van der Waals surface area contributed by atoms with Gasteiger partial charge in [0, 0.05) is 11.8 Å². The van der Waals surface area contributed by atoms with E-state index < -0.39 is 11.5 Å². The smallest absolute Gasteiger partial charge is 0.159 e. The van der Waals surface area contributed by atoms with Gasteiger partial charge < -0.3 is 10.2 Å². The van der Waals surface area contributed by atoms with Gasteiger partial charge in [0.15, 0.2) is 5.78 Å². The van der Waals surface area contributed by atoms with E-state index in [-0.39, 0.29) is 29.1 Å². The molecule has 0 aromatic heterocycles. The number of Topliss-reactive ketones (excluding diaryl/α,β-unsaturated/α-hetero) is 1. The molecule has 2 N–H and O–H groups in total. The third kappa shape index (κ3) is 2.27. The van der Waals surface area contributed by atoms with Gasteiger partial charge in [-0.15, -0.1) is 6.58 Å². The highest BCUT2D eigenvalue weighted by molar-refractivity contribution is 5.98. The van der Waals surface area contributed by atoms with Gasteiger partial charge in [0.25, 0.3) is 0 Å². The summed E-state index contributed by atoms with van der Waals surface area (Å²) in [5, 5.41) is 20.5. The van der Waals surface area contributed by atoms with Crippen molar-refractivity contribution < 1.29 is 15.0 Å². The van der Waals surface area contributed by atoms with Gasteiger partial charge in [0.1, 0.15) is 0 Å². The minimum atomic E-state index is -0.583. The molecular weight excluding hydrogens is 288 g/mol. The van der Waals surface area contributed by atoms with E-state index in [4.69, 9.17) is 0 Å². The molecule has 3 rings (SSSR count). The number of ketones is 1. The molecule has 0 spiro atoms. The molecule has 23 heavy (non-hydrogen) atoms. The summed E-state index contributed by atoms with van der Waals surface area (Å²) in [6, 6.07) is 0. The Bertz CT molecular complexity index is 577. The quantitative estimate of drug-likeness (QED) is 0.767. The average Bonchev–Trinajstić information content (AvgIpc) is 2.54. The Balaban J connectivity index is 2.08. The topological polar surface area (TPSA) is 57.5 Å². The number of allylic oxidation sites excluding steroid dienone is 3. The molecule has 0 aromatic rings. The van der Waals surface area contributed by atoms with Crippen LogP contribution in [0.3, 0.4) is 0 Å². The van der Waals surface area contributed by atoms with Crippen LogP contribution >= 0.6 is 0 Å². The number of aliphatic hydroxyl groups is 2. The van der Waals surface area contributed by atoms with Crippen molar-refractivity contribution in [1.82, 2.24) is 0 Å². The SMILES string of the molecule is C=C[C@@]1(C)CCC2=C(C1)C(=O)CC1[C@@](C)(CO)C(O)CC[C@]21C. The van der Waals surface area contributed by atoms with Crippen LogP contribution in [0.25, 0.3) is 0 Å². The fourth-order valence-electron chi connectivity index (χ4n) is 5.48. The number of fused-ring (bicyclic) bond motifs is 2. The lowest BCUT2D eigenvalue weighted by molar-refractivity contribution is -0.141. The second-order valence-electron chi connectivity index (χ2n) is 8.81. The molecular formula is C20H30O3. The summed E-state index contributed by atoms with van der Waals surface area (Å²) in [5.74, 6) is 0.257. The highest BCUT2D eigenvalue weighted by Gasteiger charge is 2.58. The summed E-state index contributed by atoms with van der Waals surface area (Å²) in [5.41, 5.74) is 1.70. The van der Waals surface area contributed by atoms with Crippen LogP contribution in [0.1, 0.15) is 59.3 Å². The van der Waals surface area contributed by atoms with E-state index >= 15 is 0 Å². The zero-order chi connectivity index (χ0) is 17.0. The van der Waals surface area contributed by atoms with Crippen molar-refractivity contribution in [1.29, 1.82) is 0 Å². The van der Waals surface area contributed by atoms with Crippen LogP contribution in [0.4, 0.5) is 0 Å². The van der Waals surface area contributed by atoms with Gasteiger partial charge in [-0.1, -0.05) is 32.4 Å². The van der Waals surface area contributed by atoms with Gasteiger partial charge in [0.2, 0.25) is 0 Å². The molecule has 3 nitrogen and oxygen atoms in total. The van der Waals surface area contributed by atoms with Crippen molar-refractivity contribution in [2.75, 3.05) is 6.61 Å². The van der Waals surface area contributed by atoms with Crippen LogP contribution in [0.15, 0.2) is 23.8 Å². The number of rotatable bonds is 2. The first-order valence-corrected chi connectivity index (χ1v) is 8.88. The fourth-order valence-corrected chi connectivity index (χ4v) is 5.48. The van der Waals surface area contributed by atoms with Crippen molar-refractivity contribution in [2.24, 2.45) is 22.2 Å². The maximum absolute atomic E-state index is 12.9. The molecule has 2 unspecified atom stereocenters. The lowest BCUT2D eigenvalue weighted by Crippen LogP contribution is -2.57. The zero-order valence-corrected chi connectivity index (χ0v) is 14.7. The summed E-state index contributed by atoms with van der Waals surface area (Å²) >= 11 is 0. The second kappa shape index (κ2) is 5.29. The molecule has 1 fully saturated rings. The molecule has 0 amide bonds. The molecule has 0 saturated heterocycles. The van der Waals surface area contributed by atoms with E-state index in [1.54, 1.807) is 0 Å². The molecule has 0 radical (unpaired) electrons. The Morgan fingerprint density at radius 1 is 1.30 bits per heavy atom. The molecule has 0 heterocycles. The Kier molecular flexibility index (Phi) is 3.89. The lowest BCUT2D eigenvalue weighted by Gasteiger charge is -2.58. The number of hydrogen-bond donors (Lipinski definition) is 2. The van der Waals surface area contributed by atoms with Crippen LogP contribution in [0, 0.1) is 22.2 Å². The fraction of sp³-hybridized carbons (Fsp3) is 0.750. The van der Waals surface area contributed by atoms with E-state index in [0.29, 0.717) is 12.8 Å². The normalized spacial score (nSPS) is 47.1. The van der Waals surface area contributed by atoms with Crippen LogP contribution in [-0.4, -0.2) is 28.7 Å². The third-order valence-electron chi connectivity index (χ3n) is 7.40. The monoisotopic (exact) mass is 318 g/mol. The first-order chi connectivity index (χ1) is 10.7. The number of carbonyl (C=O) groups is 1. The van der Waals surface area contributed by atoms with E-state index in [1.807, 2.05) is 13.0 Å². The van der Waals surface area contributed by atoms with Gasteiger partial charge in [-0.3, -0.25) is 4.79 Å². The largest absolute Gasteiger partial charge is 0.396 e. The van der Waals surface area contributed by atoms with Crippen molar-refractivity contribution in [3.8, 4) is 0 Å². The molecule has 3 aliphatic rings. The number of aliphatic hydroxyl groups excluding tert-OH is 2. The minimum absolute atomic E-state index is 0.0200. The van der Waals surface area contributed by atoms with Crippen LogP contribution < -0.4 is 0 Å². The van der Waals surface area contributed by atoms with Crippen molar-refractivity contribution in [3.63, 3.8) is 0 Å². The first kappa shape index (κ1) is 16.9. The van der Waals surface area contributed by atoms with Gasteiger partial charge in [0.05, 0.1) is 12.7 Å². The molecule has 3 heteroatoms. The van der Waals surface area contributed by atoms with Crippen molar-refractivity contribution >= 4 is 5.78 Å². The van der Waals surface area contributed by atoms with Gasteiger partial charge in [-0.2, -0.15) is 0 Å². The van der Waals surface area contributed by atoms with Gasteiger partial charge in [-0.25, -0.2) is 0 Å². The minimum Gasteiger partial charge on any atom is -0.396 e. The zero-order valence-electron chi connectivity index (χ0n) is 14.7. The lowest BCUT2D eigenvalue weighted by atomic mass is 9.47.